The molecule has 0 spiro atoms. The summed E-state index contributed by atoms with van der Waals surface area (Å²) >= 11 is 0. The minimum absolute atomic E-state index is 0.137. The maximum absolute atomic E-state index is 11.8. The fraction of sp³-hybridized carbons (Fsp3) is 0.857. The van der Waals surface area contributed by atoms with Gasteiger partial charge >= 0.3 is 0 Å². The fourth-order valence-electron chi connectivity index (χ4n) is 3.43. The van der Waals surface area contributed by atoms with Crippen LogP contribution in [-0.4, -0.2) is 48.1 Å². The van der Waals surface area contributed by atoms with Crippen LogP contribution < -0.4 is 10.6 Å². The molecule has 2 heterocycles. The van der Waals surface area contributed by atoms with E-state index < -0.39 is 5.54 Å². The number of nitrogens with zero attached hydrogens (tertiary/aromatic N) is 2. The molecule has 3 atom stereocenters. The normalized spacial score (nSPS) is 34.2. The van der Waals surface area contributed by atoms with Crippen LogP contribution in [0.4, 0.5) is 0 Å². The summed E-state index contributed by atoms with van der Waals surface area (Å²) in [6.45, 7) is 4.45. The molecular weight excluding hydrogens is 240 g/mol. The Morgan fingerprint density at radius 2 is 2.32 bits per heavy atom. The molecule has 3 aliphatic rings. The summed E-state index contributed by atoms with van der Waals surface area (Å²) in [5, 5.41) is 15.9. The van der Waals surface area contributed by atoms with Crippen LogP contribution in [0.1, 0.15) is 32.6 Å². The number of nitrogens with one attached hydrogen (secondary N) is 2. The van der Waals surface area contributed by atoms with Gasteiger partial charge in [-0.15, -0.1) is 0 Å². The third-order valence-corrected chi connectivity index (χ3v) is 4.58. The molecule has 5 nitrogen and oxygen atoms in total. The highest BCUT2D eigenvalue weighted by molar-refractivity contribution is 5.82. The van der Waals surface area contributed by atoms with Crippen LogP contribution in [0.15, 0.2) is 0 Å². The lowest BCUT2D eigenvalue weighted by Gasteiger charge is -2.39. The van der Waals surface area contributed by atoms with Crippen LogP contribution in [0.2, 0.25) is 0 Å². The first kappa shape index (κ1) is 12.9. The molecule has 1 amide bonds. The zero-order valence-electron chi connectivity index (χ0n) is 11.5. The second kappa shape index (κ2) is 4.77. The van der Waals surface area contributed by atoms with Crippen LogP contribution in [-0.2, 0) is 4.79 Å². The average Bonchev–Trinajstić information content (AvgIpc) is 3.12. The minimum atomic E-state index is -0.491. The molecule has 19 heavy (non-hydrogen) atoms. The second-order valence-corrected chi connectivity index (χ2v) is 6.39. The van der Waals surface area contributed by atoms with E-state index in [0.29, 0.717) is 6.04 Å². The molecule has 2 aliphatic heterocycles. The number of hydrogen-bond donors (Lipinski definition) is 2. The Morgan fingerprint density at radius 1 is 1.53 bits per heavy atom. The number of amides is 1. The number of fused-ring (bicyclic) bond motifs is 1. The lowest BCUT2D eigenvalue weighted by atomic mass is 9.89. The highest BCUT2D eigenvalue weighted by atomic mass is 16.2. The van der Waals surface area contributed by atoms with Gasteiger partial charge in [0.15, 0.2) is 0 Å². The summed E-state index contributed by atoms with van der Waals surface area (Å²) in [6.07, 6.45) is 4.42. The van der Waals surface area contributed by atoms with E-state index >= 15 is 0 Å². The minimum Gasteiger partial charge on any atom is -0.354 e. The van der Waals surface area contributed by atoms with Crippen LogP contribution in [0.3, 0.4) is 0 Å². The molecule has 0 aromatic carbocycles. The molecule has 2 N–H and O–H groups in total. The Hall–Kier alpha value is -1.12. The van der Waals surface area contributed by atoms with Crippen LogP contribution in [0.25, 0.3) is 0 Å². The average molecular weight is 262 g/mol. The first-order valence-electron chi connectivity index (χ1n) is 7.32. The first-order chi connectivity index (χ1) is 9.11. The Labute approximate surface area is 114 Å². The number of carbonyl (C=O) groups excluding carboxylic acids is 1. The zero-order chi connectivity index (χ0) is 13.5. The molecule has 3 unspecified atom stereocenters. The highest BCUT2D eigenvalue weighted by Gasteiger charge is 2.43. The molecule has 3 fully saturated rings. The molecule has 1 aliphatic carbocycles. The largest absolute Gasteiger partial charge is 0.354 e. The lowest BCUT2D eigenvalue weighted by molar-refractivity contribution is -0.124. The molecule has 1 saturated carbocycles. The Balaban J connectivity index is 1.67. The van der Waals surface area contributed by atoms with Crippen LogP contribution in [0.5, 0.6) is 0 Å². The summed E-state index contributed by atoms with van der Waals surface area (Å²) in [5.41, 5.74) is -0.491. The Kier molecular flexibility index (Phi) is 3.23. The van der Waals surface area contributed by atoms with E-state index in [4.69, 9.17) is 0 Å². The van der Waals surface area contributed by atoms with Crippen molar-refractivity contribution < 1.29 is 4.79 Å². The number of nitriles is 1. The van der Waals surface area contributed by atoms with Gasteiger partial charge in [0, 0.05) is 25.2 Å². The monoisotopic (exact) mass is 262 g/mol. The van der Waals surface area contributed by atoms with Crippen molar-refractivity contribution in [1.82, 2.24) is 15.5 Å². The van der Waals surface area contributed by atoms with Gasteiger partial charge in [-0.2, -0.15) is 5.26 Å². The van der Waals surface area contributed by atoms with Crippen molar-refractivity contribution in [2.24, 2.45) is 5.92 Å². The van der Waals surface area contributed by atoms with E-state index in [2.05, 4.69) is 21.6 Å². The fourth-order valence-corrected chi connectivity index (χ4v) is 3.43. The molecule has 0 aromatic rings. The van der Waals surface area contributed by atoms with Crippen molar-refractivity contribution in [1.29, 1.82) is 5.26 Å². The lowest BCUT2D eigenvalue weighted by Crippen LogP contribution is -2.56. The van der Waals surface area contributed by atoms with Crippen LogP contribution in [0, 0.1) is 17.2 Å². The number of carbonyl (C=O) groups is 1. The van der Waals surface area contributed by atoms with E-state index in [9.17, 15) is 10.1 Å². The van der Waals surface area contributed by atoms with Gasteiger partial charge < -0.3 is 5.32 Å². The van der Waals surface area contributed by atoms with Crippen molar-refractivity contribution in [3.63, 3.8) is 0 Å². The highest BCUT2D eigenvalue weighted by Crippen LogP contribution is 2.29. The van der Waals surface area contributed by atoms with Crippen molar-refractivity contribution in [2.75, 3.05) is 19.6 Å². The topological polar surface area (TPSA) is 68.2 Å². The van der Waals surface area contributed by atoms with E-state index in [0.717, 1.165) is 32.5 Å². The zero-order valence-corrected chi connectivity index (χ0v) is 11.5. The molecule has 0 aromatic heterocycles. The van der Waals surface area contributed by atoms with Crippen molar-refractivity contribution >= 4 is 5.91 Å². The van der Waals surface area contributed by atoms with E-state index in [-0.39, 0.29) is 17.9 Å². The van der Waals surface area contributed by atoms with Gasteiger partial charge in [-0.25, -0.2) is 0 Å². The Morgan fingerprint density at radius 3 is 3.00 bits per heavy atom. The predicted octanol–water partition coefficient (Wildman–Crippen LogP) is 0.231. The van der Waals surface area contributed by atoms with Gasteiger partial charge in [0.05, 0.1) is 12.0 Å². The third-order valence-electron chi connectivity index (χ3n) is 4.58. The number of likely N-dealkylation sites (tertiary alicyclic amines) is 1. The van der Waals surface area contributed by atoms with Gasteiger partial charge in [-0.3, -0.25) is 15.0 Å². The summed E-state index contributed by atoms with van der Waals surface area (Å²) in [5.74, 6) is 0.334. The standard InChI is InChI=1S/C14H22N4O/c1-14(8-15,17-10-4-5-10)9-18-6-2-3-11-12(18)7-16-13(11)19/h10-12,17H,2-7,9H2,1H3,(H,16,19). The van der Waals surface area contributed by atoms with Gasteiger partial charge in [0.2, 0.25) is 5.91 Å². The summed E-state index contributed by atoms with van der Waals surface area (Å²) in [7, 11) is 0. The summed E-state index contributed by atoms with van der Waals surface area (Å²) in [6, 6.07) is 3.24. The number of piperidine rings is 1. The van der Waals surface area contributed by atoms with Gasteiger partial charge in [-0.05, 0) is 39.2 Å². The smallest absolute Gasteiger partial charge is 0.224 e. The van der Waals surface area contributed by atoms with Crippen LogP contribution >= 0.6 is 0 Å². The molecule has 3 rings (SSSR count). The Bertz CT molecular complexity index is 414. The quantitative estimate of drug-likeness (QED) is 0.761. The van der Waals surface area contributed by atoms with Gasteiger partial charge in [0.1, 0.15) is 5.54 Å². The molecule has 0 radical (unpaired) electrons. The van der Waals surface area contributed by atoms with Gasteiger partial charge in [-0.1, -0.05) is 0 Å². The summed E-state index contributed by atoms with van der Waals surface area (Å²) in [4.78, 5) is 14.1. The third kappa shape index (κ3) is 2.60. The second-order valence-electron chi connectivity index (χ2n) is 6.39. The summed E-state index contributed by atoms with van der Waals surface area (Å²) < 4.78 is 0. The predicted molar refractivity (Wildman–Crippen MR) is 71.3 cm³/mol. The van der Waals surface area contributed by atoms with E-state index in [1.807, 2.05) is 6.92 Å². The van der Waals surface area contributed by atoms with Gasteiger partial charge in [0.25, 0.3) is 0 Å². The molecule has 0 bridgehead atoms. The molecule has 2 saturated heterocycles. The molecule has 5 heteroatoms. The maximum atomic E-state index is 11.8. The van der Waals surface area contributed by atoms with Crippen molar-refractivity contribution in [3.05, 3.63) is 0 Å². The maximum Gasteiger partial charge on any atom is 0.224 e. The first-order valence-corrected chi connectivity index (χ1v) is 7.32. The molecular formula is C14H22N4O. The number of rotatable bonds is 4. The van der Waals surface area contributed by atoms with Crippen molar-refractivity contribution in [2.45, 2.75) is 50.2 Å². The van der Waals surface area contributed by atoms with E-state index in [1.165, 1.54) is 12.8 Å². The number of hydrogen-bond acceptors (Lipinski definition) is 4. The van der Waals surface area contributed by atoms with Crippen molar-refractivity contribution in [3.8, 4) is 6.07 Å². The molecule has 104 valence electrons. The van der Waals surface area contributed by atoms with E-state index in [1.54, 1.807) is 0 Å². The SMILES string of the molecule is CC(C#N)(CN1CCCC2C(=O)NCC21)NC1CC1.